The Morgan fingerprint density at radius 1 is 0.914 bits per heavy atom. The molecule has 2 saturated heterocycles. The maximum absolute atomic E-state index is 12.8. The van der Waals surface area contributed by atoms with Crippen LogP contribution in [0.3, 0.4) is 0 Å². The van der Waals surface area contributed by atoms with Crippen molar-refractivity contribution in [3.8, 4) is 11.3 Å². The first-order chi connectivity index (χ1) is 16.8. The van der Waals surface area contributed by atoms with E-state index in [4.69, 9.17) is 9.47 Å². The van der Waals surface area contributed by atoms with E-state index in [-0.39, 0.29) is 23.6 Å². The molecule has 0 saturated carbocycles. The monoisotopic (exact) mass is 495 g/mol. The molecule has 2 fully saturated rings. The predicted octanol–water partition coefficient (Wildman–Crippen LogP) is 2.44. The molecular weight excluding hydrogens is 466 g/mol. The first-order valence-corrected chi connectivity index (χ1v) is 13.0. The zero-order valence-electron chi connectivity index (χ0n) is 19.9. The summed E-state index contributed by atoms with van der Waals surface area (Å²) in [5, 5.41) is 3.32. The zero-order valence-corrected chi connectivity index (χ0v) is 20.7. The molecule has 1 aromatic heterocycles. The second kappa shape index (κ2) is 9.54. The van der Waals surface area contributed by atoms with Crippen LogP contribution in [0.1, 0.15) is 5.56 Å². The molecule has 0 amide bonds. The van der Waals surface area contributed by atoms with Gasteiger partial charge in [0.15, 0.2) is 0 Å². The molecule has 0 spiro atoms. The van der Waals surface area contributed by atoms with Gasteiger partial charge in [-0.05, 0) is 37.3 Å². The van der Waals surface area contributed by atoms with E-state index in [0.29, 0.717) is 12.6 Å². The molecule has 3 heterocycles. The van der Waals surface area contributed by atoms with Crippen LogP contribution in [-0.2, 0) is 19.5 Å². The number of nitrogens with one attached hydrogen (secondary N) is 2. The third kappa shape index (κ3) is 5.01. The zero-order chi connectivity index (χ0) is 24.6. The lowest BCUT2D eigenvalue weighted by molar-refractivity contribution is 0.0690. The molecule has 0 aliphatic carbocycles. The number of rotatable bonds is 7. The maximum atomic E-state index is 12.8. The van der Waals surface area contributed by atoms with E-state index < -0.39 is 22.2 Å². The summed E-state index contributed by atoms with van der Waals surface area (Å²) in [6, 6.07) is 16.1. The Morgan fingerprint density at radius 2 is 1.57 bits per heavy atom. The van der Waals surface area contributed by atoms with Gasteiger partial charge in [0.05, 0.1) is 35.9 Å². The summed E-state index contributed by atoms with van der Waals surface area (Å²) in [6.07, 6.45) is 1.01. The minimum absolute atomic E-state index is 0.194. The van der Waals surface area contributed by atoms with Crippen LogP contribution in [0.4, 0.5) is 11.6 Å². The van der Waals surface area contributed by atoms with Crippen molar-refractivity contribution < 1.29 is 17.9 Å². The van der Waals surface area contributed by atoms with E-state index in [9.17, 15) is 8.42 Å². The van der Waals surface area contributed by atoms with E-state index in [1.807, 2.05) is 56.3 Å². The predicted molar refractivity (Wildman–Crippen MR) is 134 cm³/mol. The van der Waals surface area contributed by atoms with Gasteiger partial charge in [0.1, 0.15) is 12.2 Å². The van der Waals surface area contributed by atoms with E-state index in [1.165, 1.54) is 0 Å². The number of sulfonamides is 1. The molecule has 2 N–H and O–H groups in total. The third-order valence-electron chi connectivity index (χ3n) is 6.34. The van der Waals surface area contributed by atoms with Crippen molar-refractivity contribution in [2.75, 3.05) is 37.5 Å². The molecule has 2 aliphatic heterocycles. The molecule has 35 heavy (non-hydrogen) atoms. The van der Waals surface area contributed by atoms with Gasteiger partial charge in [0.25, 0.3) is 0 Å². The molecule has 0 unspecified atom stereocenters. The summed E-state index contributed by atoms with van der Waals surface area (Å²) in [7, 11) is 0.325. The second-order valence-corrected chi connectivity index (χ2v) is 10.8. The number of anilines is 2. The number of fused-ring (bicyclic) bond motifs is 1. The SMILES string of the molecule is Cc1ccc(S(=O)(=O)N[C@H]2CO[C@H]3[C@@H]2OC[C@@H]3Nc2nccc(-c3ccc(N(C)C)cc3)n2)cc1. The van der Waals surface area contributed by atoms with Crippen LogP contribution >= 0.6 is 0 Å². The number of ether oxygens (including phenoxy) is 2. The number of nitrogens with zero attached hydrogens (tertiary/aromatic N) is 3. The van der Waals surface area contributed by atoms with Crippen LogP contribution in [-0.4, -0.2) is 70.0 Å². The van der Waals surface area contributed by atoms with Gasteiger partial charge in [-0.25, -0.2) is 23.1 Å². The van der Waals surface area contributed by atoms with Gasteiger partial charge in [-0.15, -0.1) is 0 Å². The van der Waals surface area contributed by atoms with Gasteiger partial charge in [0, 0.05) is 31.5 Å². The molecule has 0 bridgehead atoms. The van der Waals surface area contributed by atoms with Crippen molar-refractivity contribution in [2.24, 2.45) is 0 Å². The fourth-order valence-corrected chi connectivity index (χ4v) is 5.63. The summed E-state index contributed by atoms with van der Waals surface area (Å²) >= 11 is 0. The van der Waals surface area contributed by atoms with E-state index in [0.717, 1.165) is 22.5 Å². The van der Waals surface area contributed by atoms with Crippen molar-refractivity contribution in [2.45, 2.75) is 36.1 Å². The molecule has 4 atom stereocenters. The molecule has 2 aromatic carbocycles. The van der Waals surface area contributed by atoms with Crippen molar-refractivity contribution in [3.63, 3.8) is 0 Å². The van der Waals surface area contributed by atoms with Gasteiger partial charge in [-0.1, -0.05) is 29.8 Å². The number of aryl methyl sites for hydroxylation is 1. The van der Waals surface area contributed by atoms with Crippen LogP contribution in [0.2, 0.25) is 0 Å². The van der Waals surface area contributed by atoms with Crippen LogP contribution in [0, 0.1) is 6.92 Å². The van der Waals surface area contributed by atoms with Gasteiger partial charge >= 0.3 is 0 Å². The Balaban J connectivity index is 1.25. The topological polar surface area (TPSA) is 106 Å². The Kier molecular flexibility index (Phi) is 6.45. The van der Waals surface area contributed by atoms with Gasteiger partial charge < -0.3 is 19.7 Å². The molecule has 9 nitrogen and oxygen atoms in total. The van der Waals surface area contributed by atoms with Crippen molar-refractivity contribution in [3.05, 3.63) is 66.4 Å². The lowest BCUT2D eigenvalue weighted by Gasteiger charge is -2.18. The number of hydrogen-bond acceptors (Lipinski definition) is 8. The molecule has 5 rings (SSSR count). The Bertz CT molecular complexity index is 1280. The highest BCUT2D eigenvalue weighted by molar-refractivity contribution is 7.89. The number of hydrogen-bond donors (Lipinski definition) is 2. The largest absolute Gasteiger partial charge is 0.378 e. The summed E-state index contributed by atoms with van der Waals surface area (Å²) in [5.74, 6) is 0.473. The highest BCUT2D eigenvalue weighted by Crippen LogP contribution is 2.30. The summed E-state index contributed by atoms with van der Waals surface area (Å²) in [4.78, 5) is 11.3. The molecular formula is C25H29N5O4S. The van der Waals surface area contributed by atoms with Crippen molar-refractivity contribution in [1.29, 1.82) is 0 Å². The van der Waals surface area contributed by atoms with E-state index in [2.05, 4.69) is 20.0 Å². The molecule has 10 heteroatoms. The van der Waals surface area contributed by atoms with Gasteiger partial charge in [0.2, 0.25) is 16.0 Å². The summed E-state index contributed by atoms with van der Waals surface area (Å²) < 4.78 is 40.3. The first-order valence-electron chi connectivity index (χ1n) is 11.5. The summed E-state index contributed by atoms with van der Waals surface area (Å²) in [6.45, 7) is 2.51. The van der Waals surface area contributed by atoms with Crippen LogP contribution < -0.4 is 14.9 Å². The Labute approximate surface area is 205 Å². The second-order valence-electron chi connectivity index (χ2n) is 9.09. The lowest BCUT2D eigenvalue weighted by Crippen LogP contribution is -2.44. The molecule has 184 valence electrons. The van der Waals surface area contributed by atoms with E-state index in [1.54, 1.807) is 30.5 Å². The number of benzene rings is 2. The first kappa shape index (κ1) is 23.7. The van der Waals surface area contributed by atoms with Gasteiger partial charge in [-0.3, -0.25) is 0 Å². The molecule has 2 aliphatic rings. The minimum Gasteiger partial charge on any atom is -0.378 e. The Hall–Kier alpha value is -3.05. The van der Waals surface area contributed by atoms with Crippen LogP contribution in [0.25, 0.3) is 11.3 Å². The minimum atomic E-state index is -3.68. The Morgan fingerprint density at radius 3 is 2.26 bits per heavy atom. The average Bonchev–Trinajstić information content (AvgIpc) is 3.43. The normalized spacial score (nSPS) is 23.7. The average molecular weight is 496 g/mol. The third-order valence-corrected chi connectivity index (χ3v) is 7.85. The van der Waals surface area contributed by atoms with Crippen molar-refractivity contribution >= 4 is 21.7 Å². The fraction of sp³-hybridized carbons (Fsp3) is 0.360. The van der Waals surface area contributed by atoms with E-state index >= 15 is 0 Å². The maximum Gasteiger partial charge on any atom is 0.240 e. The smallest absolute Gasteiger partial charge is 0.240 e. The van der Waals surface area contributed by atoms with Gasteiger partial charge in [-0.2, -0.15) is 0 Å². The standard InChI is InChI=1S/C25H29N5O4S/c1-16-4-10-19(11-5-16)35(31,32)29-22-15-34-23-21(14-33-24(22)23)28-25-26-13-12-20(27-25)17-6-8-18(9-7-17)30(2)3/h4-13,21-24,29H,14-15H2,1-3H3,(H,26,27,28)/t21-,22-,23+,24+/m0/s1. The highest BCUT2D eigenvalue weighted by Gasteiger charge is 2.49. The summed E-state index contributed by atoms with van der Waals surface area (Å²) in [5.41, 5.74) is 3.91. The van der Waals surface area contributed by atoms with Crippen LogP contribution in [0.5, 0.6) is 0 Å². The van der Waals surface area contributed by atoms with Crippen LogP contribution in [0.15, 0.2) is 65.7 Å². The quantitative estimate of drug-likeness (QED) is 0.515. The molecule has 0 radical (unpaired) electrons. The highest BCUT2D eigenvalue weighted by atomic mass is 32.2. The number of aromatic nitrogens is 2. The lowest BCUT2D eigenvalue weighted by atomic mass is 10.1. The van der Waals surface area contributed by atoms with Crippen molar-refractivity contribution in [1.82, 2.24) is 14.7 Å². The molecule has 3 aromatic rings. The fourth-order valence-electron chi connectivity index (χ4n) is 4.39.